The van der Waals surface area contributed by atoms with E-state index in [0.29, 0.717) is 23.8 Å². The van der Waals surface area contributed by atoms with E-state index in [-0.39, 0.29) is 6.61 Å². The van der Waals surface area contributed by atoms with Gasteiger partial charge in [-0.2, -0.15) is 0 Å². The molecule has 0 saturated carbocycles. The maximum atomic E-state index is 12.1. The van der Waals surface area contributed by atoms with Crippen molar-refractivity contribution in [1.82, 2.24) is 0 Å². The minimum Gasteiger partial charge on any atom is -0.487 e. The van der Waals surface area contributed by atoms with Gasteiger partial charge >= 0.3 is 11.9 Å². The van der Waals surface area contributed by atoms with E-state index in [1.807, 2.05) is 0 Å². The maximum Gasteiger partial charge on any atom is 0.331 e. The molecule has 0 bridgehead atoms. The van der Waals surface area contributed by atoms with E-state index in [1.165, 1.54) is 13.8 Å². The minimum absolute atomic E-state index is 0.0170. The molecule has 0 saturated heterocycles. The lowest BCUT2D eigenvalue weighted by Crippen LogP contribution is -2.31. The summed E-state index contributed by atoms with van der Waals surface area (Å²) in [6.07, 6.45) is 4.75. The van der Waals surface area contributed by atoms with Crippen LogP contribution < -0.4 is 4.74 Å². The molecule has 1 aromatic rings. The van der Waals surface area contributed by atoms with Crippen LogP contribution >= 0.6 is 0 Å². The standard InChI is InChI=1S/C21H28O7/c1-4-5-6-7-17(14-27-19(24)13-12-18(22)23)28-16-10-8-15(9-11-16)20(25)21(2,3)26/h8-13,17,26H,4-7,14H2,1-3H3,(H,22,23)/b13-12+. The number of aliphatic hydroxyl groups is 1. The fraction of sp³-hybridized carbons (Fsp3) is 0.476. The third-order valence-electron chi connectivity index (χ3n) is 3.88. The van der Waals surface area contributed by atoms with Crippen LogP contribution in [0.15, 0.2) is 36.4 Å². The molecule has 28 heavy (non-hydrogen) atoms. The van der Waals surface area contributed by atoms with Gasteiger partial charge in [-0.25, -0.2) is 9.59 Å². The van der Waals surface area contributed by atoms with Gasteiger partial charge in [-0.15, -0.1) is 0 Å². The number of ether oxygens (including phenoxy) is 2. The number of aliphatic carboxylic acids is 1. The lowest BCUT2D eigenvalue weighted by molar-refractivity contribution is -0.141. The third kappa shape index (κ3) is 8.81. The third-order valence-corrected chi connectivity index (χ3v) is 3.88. The maximum absolute atomic E-state index is 12.1. The largest absolute Gasteiger partial charge is 0.487 e. The van der Waals surface area contributed by atoms with Gasteiger partial charge in [0.1, 0.15) is 24.1 Å². The van der Waals surface area contributed by atoms with Gasteiger partial charge in [0.2, 0.25) is 0 Å². The van der Waals surface area contributed by atoms with Crippen molar-refractivity contribution in [2.24, 2.45) is 0 Å². The number of benzene rings is 1. The molecule has 0 aromatic heterocycles. The quantitative estimate of drug-likeness (QED) is 0.243. The molecule has 0 amide bonds. The van der Waals surface area contributed by atoms with E-state index < -0.39 is 29.4 Å². The van der Waals surface area contributed by atoms with Crippen LogP contribution in [0.1, 0.15) is 56.8 Å². The lowest BCUT2D eigenvalue weighted by Gasteiger charge is -2.20. The molecular formula is C21H28O7. The van der Waals surface area contributed by atoms with E-state index in [9.17, 15) is 19.5 Å². The van der Waals surface area contributed by atoms with Crippen LogP contribution in [0.3, 0.4) is 0 Å². The van der Waals surface area contributed by atoms with Crippen LogP contribution in [0.2, 0.25) is 0 Å². The zero-order valence-corrected chi connectivity index (χ0v) is 16.5. The van der Waals surface area contributed by atoms with Crippen LogP contribution in [0.4, 0.5) is 0 Å². The number of unbranched alkanes of at least 4 members (excludes halogenated alkanes) is 2. The first-order chi connectivity index (χ1) is 13.1. The summed E-state index contributed by atoms with van der Waals surface area (Å²) in [7, 11) is 0. The van der Waals surface area contributed by atoms with E-state index in [1.54, 1.807) is 24.3 Å². The van der Waals surface area contributed by atoms with Crippen LogP contribution in [0.25, 0.3) is 0 Å². The molecule has 0 spiro atoms. The van der Waals surface area contributed by atoms with Gasteiger partial charge in [0, 0.05) is 17.7 Å². The van der Waals surface area contributed by atoms with Gasteiger partial charge in [-0.3, -0.25) is 4.79 Å². The molecule has 0 fully saturated rings. The van der Waals surface area contributed by atoms with E-state index >= 15 is 0 Å². The molecule has 154 valence electrons. The number of rotatable bonds is 12. The number of esters is 1. The van der Waals surface area contributed by atoms with Crippen molar-refractivity contribution in [3.63, 3.8) is 0 Å². The van der Waals surface area contributed by atoms with Gasteiger partial charge in [0.25, 0.3) is 0 Å². The predicted molar refractivity (Wildman–Crippen MR) is 103 cm³/mol. The number of hydrogen-bond acceptors (Lipinski definition) is 6. The van der Waals surface area contributed by atoms with Crippen molar-refractivity contribution in [2.45, 2.75) is 58.2 Å². The zero-order chi connectivity index (χ0) is 21.2. The monoisotopic (exact) mass is 392 g/mol. The molecule has 1 aromatic carbocycles. The second-order valence-electron chi connectivity index (χ2n) is 6.95. The molecule has 1 unspecified atom stereocenters. The molecule has 7 heteroatoms. The molecule has 2 N–H and O–H groups in total. The SMILES string of the molecule is CCCCCC(COC(=O)/C=C/C(=O)O)Oc1ccc(C(=O)C(C)(C)O)cc1. The van der Waals surface area contributed by atoms with Crippen LogP contribution in [-0.4, -0.2) is 46.2 Å². The molecular weight excluding hydrogens is 364 g/mol. The lowest BCUT2D eigenvalue weighted by atomic mass is 9.97. The van der Waals surface area contributed by atoms with Crippen molar-refractivity contribution >= 4 is 17.7 Å². The van der Waals surface area contributed by atoms with E-state index in [2.05, 4.69) is 6.92 Å². The van der Waals surface area contributed by atoms with Gasteiger partial charge in [-0.05, 0) is 51.0 Å². The Morgan fingerprint density at radius 1 is 1.11 bits per heavy atom. The Balaban J connectivity index is 2.73. The number of Topliss-reactive ketones (excluding diaryl/α,β-unsaturated/α-hetero) is 1. The molecule has 0 aliphatic heterocycles. The summed E-state index contributed by atoms with van der Waals surface area (Å²) < 4.78 is 10.9. The van der Waals surface area contributed by atoms with Crippen LogP contribution in [0.5, 0.6) is 5.75 Å². The Kier molecular flexibility index (Phi) is 9.38. The second kappa shape index (κ2) is 11.2. The summed E-state index contributed by atoms with van der Waals surface area (Å²) in [6, 6.07) is 6.39. The normalized spacial score (nSPS) is 12.6. The van der Waals surface area contributed by atoms with Crippen LogP contribution in [-0.2, 0) is 14.3 Å². The highest BCUT2D eigenvalue weighted by molar-refractivity contribution is 6.01. The van der Waals surface area contributed by atoms with Crippen molar-refractivity contribution in [3.8, 4) is 5.75 Å². The number of ketones is 1. The summed E-state index contributed by atoms with van der Waals surface area (Å²) in [4.78, 5) is 34.1. The van der Waals surface area contributed by atoms with Gasteiger partial charge in [-0.1, -0.05) is 19.8 Å². The summed E-state index contributed by atoms with van der Waals surface area (Å²) in [6.45, 7) is 4.91. The molecule has 1 rings (SSSR count). The highest BCUT2D eigenvalue weighted by Gasteiger charge is 2.25. The van der Waals surface area contributed by atoms with Crippen LogP contribution in [0, 0.1) is 0 Å². The average molecular weight is 392 g/mol. The Morgan fingerprint density at radius 2 is 1.75 bits per heavy atom. The highest BCUT2D eigenvalue weighted by Crippen LogP contribution is 2.19. The summed E-state index contributed by atoms with van der Waals surface area (Å²) in [5.41, 5.74) is -1.09. The first-order valence-electron chi connectivity index (χ1n) is 9.25. The first kappa shape index (κ1) is 23.4. The Bertz CT molecular complexity index is 684. The van der Waals surface area contributed by atoms with Crippen molar-refractivity contribution in [1.29, 1.82) is 0 Å². The van der Waals surface area contributed by atoms with E-state index in [4.69, 9.17) is 14.6 Å². The summed E-state index contributed by atoms with van der Waals surface area (Å²) in [5, 5.41) is 18.3. The topological polar surface area (TPSA) is 110 Å². The number of carbonyl (C=O) groups excluding carboxylic acids is 2. The molecule has 7 nitrogen and oxygen atoms in total. The van der Waals surface area contributed by atoms with Gasteiger partial charge in [0.15, 0.2) is 5.78 Å². The van der Waals surface area contributed by atoms with Crippen molar-refractivity contribution in [3.05, 3.63) is 42.0 Å². The first-order valence-corrected chi connectivity index (χ1v) is 9.25. The Morgan fingerprint density at radius 3 is 2.29 bits per heavy atom. The molecule has 0 heterocycles. The minimum atomic E-state index is -1.46. The highest BCUT2D eigenvalue weighted by atomic mass is 16.6. The number of hydrogen-bond donors (Lipinski definition) is 2. The smallest absolute Gasteiger partial charge is 0.331 e. The summed E-state index contributed by atoms with van der Waals surface area (Å²) >= 11 is 0. The molecule has 1 atom stereocenters. The molecule has 0 aliphatic carbocycles. The molecule has 0 aliphatic rings. The van der Waals surface area contributed by atoms with Gasteiger partial charge in [0.05, 0.1) is 0 Å². The average Bonchev–Trinajstić information content (AvgIpc) is 2.63. The Hall–Kier alpha value is -2.67. The number of carboxylic acid groups (broad SMARTS) is 1. The predicted octanol–water partition coefficient (Wildman–Crippen LogP) is 3.15. The number of carbonyl (C=O) groups is 3. The zero-order valence-electron chi connectivity index (χ0n) is 16.5. The summed E-state index contributed by atoms with van der Waals surface area (Å²) in [5.74, 6) is -1.87. The van der Waals surface area contributed by atoms with Crippen molar-refractivity contribution in [2.75, 3.05) is 6.61 Å². The Labute approximate surface area is 165 Å². The van der Waals surface area contributed by atoms with Gasteiger partial charge < -0.3 is 19.7 Å². The number of carboxylic acids is 1. The molecule has 0 radical (unpaired) electrons. The van der Waals surface area contributed by atoms with Crippen molar-refractivity contribution < 1.29 is 34.1 Å². The van der Waals surface area contributed by atoms with E-state index in [0.717, 1.165) is 25.3 Å². The fourth-order valence-electron chi connectivity index (χ4n) is 2.39. The fourth-order valence-corrected chi connectivity index (χ4v) is 2.39. The second-order valence-corrected chi connectivity index (χ2v) is 6.95.